The van der Waals surface area contributed by atoms with Crippen molar-refractivity contribution < 1.29 is 4.42 Å². The molecule has 0 aliphatic heterocycles. The van der Waals surface area contributed by atoms with Crippen LogP contribution in [0.25, 0.3) is 49.0 Å². The Balaban J connectivity index is 1.79. The van der Waals surface area contributed by atoms with Gasteiger partial charge in [0.25, 0.3) is 0 Å². The highest BCUT2D eigenvalue weighted by atomic mass is 16.3. The SMILES string of the molecule is [C-]#[N+]c1ccc(-c2cccc3c2oc2c(-c4cccnc4)cccc23)cc1. The molecule has 2 aromatic heterocycles. The van der Waals surface area contributed by atoms with Gasteiger partial charge in [0.05, 0.1) is 6.57 Å². The molecule has 0 fully saturated rings. The molecule has 0 saturated carbocycles. The summed E-state index contributed by atoms with van der Waals surface area (Å²) in [6.07, 6.45) is 3.62. The smallest absolute Gasteiger partial charge is 0.187 e. The first-order chi connectivity index (χ1) is 13.3. The van der Waals surface area contributed by atoms with E-state index >= 15 is 0 Å². The highest BCUT2D eigenvalue weighted by molar-refractivity contribution is 6.12. The second kappa shape index (κ2) is 6.12. The van der Waals surface area contributed by atoms with Crippen LogP contribution >= 0.6 is 0 Å². The minimum absolute atomic E-state index is 0.634. The van der Waals surface area contributed by atoms with E-state index in [-0.39, 0.29) is 0 Å². The van der Waals surface area contributed by atoms with Crippen LogP contribution < -0.4 is 0 Å². The number of pyridine rings is 1. The first-order valence-electron chi connectivity index (χ1n) is 8.68. The monoisotopic (exact) mass is 346 g/mol. The Hall–Kier alpha value is -3.90. The van der Waals surface area contributed by atoms with Crippen molar-refractivity contribution in [1.29, 1.82) is 0 Å². The predicted octanol–water partition coefficient (Wildman–Crippen LogP) is 6.87. The van der Waals surface area contributed by atoms with Gasteiger partial charge in [0.2, 0.25) is 0 Å². The topological polar surface area (TPSA) is 30.4 Å². The second-order valence-corrected chi connectivity index (χ2v) is 6.37. The fourth-order valence-corrected chi connectivity index (χ4v) is 3.51. The summed E-state index contributed by atoms with van der Waals surface area (Å²) in [5.74, 6) is 0. The molecule has 0 N–H and O–H groups in total. The molecular formula is C24H14N2O. The minimum Gasteiger partial charge on any atom is -0.455 e. The summed E-state index contributed by atoms with van der Waals surface area (Å²) in [4.78, 5) is 7.71. The first-order valence-corrected chi connectivity index (χ1v) is 8.68. The van der Waals surface area contributed by atoms with Crippen LogP contribution in [0.2, 0.25) is 0 Å². The maximum atomic E-state index is 7.13. The van der Waals surface area contributed by atoms with E-state index in [1.54, 1.807) is 6.20 Å². The number of nitrogens with zero attached hydrogens (tertiary/aromatic N) is 2. The number of benzene rings is 3. The molecule has 5 aromatic rings. The third-order valence-corrected chi connectivity index (χ3v) is 4.80. The molecule has 0 aliphatic carbocycles. The zero-order valence-corrected chi connectivity index (χ0v) is 14.4. The van der Waals surface area contributed by atoms with Crippen LogP contribution in [0.1, 0.15) is 0 Å². The minimum atomic E-state index is 0.634. The maximum Gasteiger partial charge on any atom is 0.187 e. The molecule has 0 atom stereocenters. The van der Waals surface area contributed by atoms with Crippen molar-refractivity contribution in [2.75, 3.05) is 0 Å². The molecule has 3 aromatic carbocycles. The lowest BCUT2D eigenvalue weighted by atomic mass is 10.0. The molecule has 0 unspecified atom stereocenters. The molecule has 5 rings (SSSR count). The van der Waals surface area contributed by atoms with Crippen LogP contribution in [0.3, 0.4) is 0 Å². The molecule has 3 heteroatoms. The van der Waals surface area contributed by atoms with Crippen molar-refractivity contribution in [3.05, 3.63) is 96.6 Å². The van der Waals surface area contributed by atoms with Crippen molar-refractivity contribution in [1.82, 2.24) is 4.98 Å². The number of aromatic nitrogens is 1. The Labute approximate surface area is 156 Å². The van der Waals surface area contributed by atoms with E-state index in [1.165, 1.54) is 0 Å². The highest BCUT2D eigenvalue weighted by Gasteiger charge is 2.15. The van der Waals surface area contributed by atoms with E-state index in [1.807, 2.05) is 48.7 Å². The van der Waals surface area contributed by atoms with Crippen LogP contribution in [0.5, 0.6) is 0 Å². The van der Waals surface area contributed by atoms with Gasteiger partial charge in [0.15, 0.2) is 5.69 Å². The van der Waals surface area contributed by atoms with Crippen molar-refractivity contribution in [3.63, 3.8) is 0 Å². The molecule has 0 spiro atoms. The van der Waals surface area contributed by atoms with E-state index in [9.17, 15) is 0 Å². The normalized spacial score (nSPS) is 10.9. The summed E-state index contributed by atoms with van der Waals surface area (Å²) in [6, 6.07) is 24.0. The first kappa shape index (κ1) is 15.4. The number of hydrogen-bond acceptors (Lipinski definition) is 2. The van der Waals surface area contributed by atoms with Crippen LogP contribution in [0.15, 0.2) is 89.6 Å². The lowest BCUT2D eigenvalue weighted by Gasteiger charge is -2.03. The van der Waals surface area contributed by atoms with E-state index in [0.29, 0.717) is 5.69 Å². The van der Waals surface area contributed by atoms with Crippen molar-refractivity contribution in [2.24, 2.45) is 0 Å². The highest BCUT2D eigenvalue weighted by Crippen LogP contribution is 2.39. The molecule has 0 amide bonds. The summed E-state index contributed by atoms with van der Waals surface area (Å²) in [5.41, 5.74) is 6.49. The molecule has 0 bridgehead atoms. The molecule has 3 nitrogen and oxygen atoms in total. The van der Waals surface area contributed by atoms with Gasteiger partial charge in [-0.05, 0) is 11.6 Å². The van der Waals surface area contributed by atoms with Crippen LogP contribution in [-0.2, 0) is 0 Å². The van der Waals surface area contributed by atoms with Gasteiger partial charge in [-0.15, -0.1) is 0 Å². The predicted molar refractivity (Wildman–Crippen MR) is 109 cm³/mol. The molecule has 2 heterocycles. The van der Waals surface area contributed by atoms with Gasteiger partial charge >= 0.3 is 0 Å². The van der Waals surface area contributed by atoms with E-state index in [0.717, 1.165) is 44.2 Å². The Morgan fingerprint density at radius 1 is 0.704 bits per heavy atom. The lowest BCUT2D eigenvalue weighted by Crippen LogP contribution is -1.79. The number of hydrogen-bond donors (Lipinski definition) is 0. The molecule has 126 valence electrons. The fraction of sp³-hybridized carbons (Fsp3) is 0. The van der Waals surface area contributed by atoms with Gasteiger partial charge in [0, 0.05) is 39.9 Å². The third kappa shape index (κ3) is 2.47. The molecule has 0 aliphatic rings. The zero-order valence-electron chi connectivity index (χ0n) is 14.4. The fourth-order valence-electron chi connectivity index (χ4n) is 3.51. The van der Waals surface area contributed by atoms with Gasteiger partial charge in [-0.3, -0.25) is 4.98 Å². The Morgan fingerprint density at radius 2 is 1.37 bits per heavy atom. The maximum absolute atomic E-state index is 7.13. The van der Waals surface area contributed by atoms with Crippen LogP contribution in [0.4, 0.5) is 5.69 Å². The second-order valence-electron chi connectivity index (χ2n) is 6.37. The number of fused-ring (bicyclic) bond motifs is 3. The number of furan rings is 1. The summed E-state index contributed by atoms with van der Waals surface area (Å²) in [7, 11) is 0. The molecule has 0 radical (unpaired) electrons. The number of para-hydroxylation sites is 2. The molecule has 0 saturated heterocycles. The van der Waals surface area contributed by atoms with E-state index in [2.05, 4.69) is 40.2 Å². The average molecular weight is 346 g/mol. The van der Waals surface area contributed by atoms with Gasteiger partial charge in [0.1, 0.15) is 11.2 Å². The summed E-state index contributed by atoms with van der Waals surface area (Å²) in [6.45, 7) is 7.13. The van der Waals surface area contributed by atoms with Crippen LogP contribution in [-0.4, -0.2) is 4.98 Å². The zero-order chi connectivity index (χ0) is 18.2. The van der Waals surface area contributed by atoms with E-state index < -0.39 is 0 Å². The standard InChI is InChI=1S/C24H14N2O/c1-25-18-12-10-16(11-13-18)19-6-2-8-21-22-9-3-7-20(24(22)27-23(19)21)17-5-4-14-26-15-17/h2-15H. The molecule has 27 heavy (non-hydrogen) atoms. The quantitative estimate of drug-likeness (QED) is 0.327. The van der Waals surface area contributed by atoms with Gasteiger partial charge in [-0.1, -0.05) is 66.7 Å². The Bertz CT molecular complexity index is 1310. The lowest BCUT2D eigenvalue weighted by molar-refractivity contribution is 0.671. The molecular weight excluding hydrogens is 332 g/mol. The van der Waals surface area contributed by atoms with Crippen molar-refractivity contribution in [3.8, 4) is 22.3 Å². The summed E-state index contributed by atoms with van der Waals surface area (Å²) >= 11 is 0. The van der Waals surface area contributed by atoms with E-state index in [4.69, 9.17) is 11.0 Å². The van der Waals surface area contributed by atoms with Crippen LogP contribution in [0, 0.1) is 6.57 Å². The summed E-state index contributed by atoms with van der Waals surface area (Å²) in [5, 5.41) is 2.17. The van der Waals surface area contributed by atoms with Gasteiger partial charge < -0.3 is 4.42 Å². The Kier molecular flexibility index (Phi) is 3.48. The summed E-state index contributed by atoms with van der Waals surface area (Å²) < 4.78 is 6.39. The Morgan fingerprint density at radius 3 is 1.96 bits per heavy atom. The van der Waals surface area contributed by atoms with Crippen molar-refractivity contribution in [2.45, 2.75) is 0 Å². The van der Waals surface area contributed by atoms with Gasteiger partial charge in [-0.25, -0.2) is 4.85 Å². The van der Waals surface area contributed by atoms with Gasteiger partial charge in [-0.2, -0.15) is 0 Å². The van der Waals surface area contributed by atoms with Crippen molar-refractivity contribution >= 4 is 27.6 Å². The average Bonchev–Trinajstić information content (AvgIpc) is 3.13. The third-order valence-electron chi connectivity index (χ3n) is 4.80. The number of rotatable bonds is 2. The largest absolute Gasteiger partial charge is 0.455 e.